The van der Waals surface area contributed by atoms with Gasteiger partial charge in [-0.05, 0) is 37.3 Å². The summed E-state index contributed by atoms with van der Waals surface area (Å²) < 4.78 is 15.5. The molecule has 1 saturated heterocycles. The number of piperazine rings is 1. The van der Waals surface area contributed by atoms with Gasteiger partial charge in [-0.2, -0.15) is 4.98 Å². The lowest BCUT2D eigenvalue weighted by Crippen LogP contribution is -2.54. The van der Waals surface area contributed by atoms with Crippen molar-refractivity contribution in [3.8, 4) is 11.4 Å². The lowest BCUT2D eigenvalue weighted by Gasteiger charge is -2.40. The van der Waals surface area contributed by atoms with Gasteiger partial charge in [0.2, 0.25) is 5.91 Å². The number of rotatable bonds is 3. The summed E-state index contributed by atoms with van der Waals surface area (Å²) in [4.78, 5) is 37.0. The van der Waals surface area contributed by atoms with Gasteiger partial charge in [-0.15, -0.1) is 0 Å². The number of para-hydroxylation sites is 1. The molecule has 1 amide bonds. The van der Waals surface area contributed by atoms with E-state index in [-0.39, 0.29) is 29.0 Å². The number of halogens is 1. The minimum absolute atomic E-state index is 0.115. The Balaban J connectivity index is 1.86. The molecule has 154 valence electrons. The summed E-state index contributed by atoms with van der Waals surface area (Å²) in [5, 5.41) is 10.7. The Kier molecular flexibility index (Phi) is 4.94. The molecule has 0 bridgehead atoms. The summed E-state index contributed by atoms with van der Waals surface area (Å²) in [5.41, 5.74) is -0.863. The van der Waals surface area contributed by atoms with Crippen molar-refractivity contribution in [1.82, 2.24) is 19.4 Å². The highest BCUT2D eigenvalue weighted by Crippen LogP contribution is 2.30. The van der Waals surface area contributed by atoms with E-state index in [4.69, 9.17) is 0 Å². The first-order valence-electron chi connectivity index (χ1n) is 9.46. The van der Waals surface area contributed by atoms with Crippen LogP contribution in [-0.2, 0) is 4.79 Å². The summed E-state index contributed by atoms with van der Waals surface area (Å²) in [6.07, 6.45) is 2.77. The molecule has 4 rings (SSSR count). The SMILES string of the molecule is C=CC(=O)N1CCN(c2nc(=O)n(-c3c(O)cccc3F)c3ncccc23)[C@@H](C)C1. The molecule has 1 aliphatic rings. The minimum atomic E-state index is -0.761. The van der Waals surface area contributed by atoms with E-state index >= 15 is 0 Å². The number of aromatic nitrogens is 3. The lowest BCUT2D eigenvalue weighted by atomic mass is 10.1. The molecule has 8 nitrogen and oxygen atoms in total. The summed E-state index contributed by atoms with van der Waals surface area (Å²) in [6.45, 7) is 6.82. The first-order valence-corrected chi connectivity index (χ1v) is 9.46. The van der Waals surface area contributed by atoms with E-state index in [0.717, 1.165) is 10.6 Å². The summed E-state index contributed by atoms with van der Waals surface area (Å²) in [5.74, 6) is -0.883. The molecule has 0 spiro atoms. The van der Waals surface area contributed by atoms with E-state index in [1.54, 1.807) is 17.0 Å². The molecule has 1 atom stereocenters. The molecule has 0 saturated carbocycles. The van der Waals surface area contributed by atoms with Crippen molar-refractivity contribution in [1.29, 1.82) is 0 Å². The Labute approximate surface area is 171 Å². The van der Waals surface area contributed by atoms with Crippen LogP contribution in [0.25, 0.3) is 16.7 Å². The second-order valence-corrected chi connectivity index (χ2v) is 7.07. The van der Waals surface area contributed by atoms with E-state index in [1.807, 2.05) is 11.8 Å². The standard InChI is InChI=1S/C21H20FN5O3/c1-3-17(29)25-10-11-26(13(2)12-25)20-14-6-5-9-23-19(14)27(21(30)24-20)18-15(22)7-4-8-16(18)28/h3-9,13,28H,1,10-12H2,2H3/t13-/m0/s1. The average molecular weight is 409 g/mol. The van der Waals surface area contributed by atoms with Gasteiger partial charge < -0.3 is 14.9 Å². The highest BCUT2D eigenvalue weighted by atomic mass is 19.1. The summed E-state index contributed by atoms with van der Waals surface area (Å²) in [7, 11) is 0. The number of nitrogens with zero attached hydrogens (tertiary/aromatic N) is 5. The Morgan fingerprint density at radius 1 is 1.30 bits per heavy atom. The number of fused-ring (bicyclic) bond motifs is 1. The molecule has 0 aliphatic carbocycles. The molecule has 1 aromatic carbocycles. The second kappa shape index (κ2) is 7.58. The van der Waals surface area contributed by atoms with Crippen molar-refractivity contribution in [3.05, 3.63) is 65.5 Å². The first-order chi connectivity index (χ1) is 14.4. The van der Waals surface area contributed by atoms with Gasteiger partial charge in [0.05, 0.1) is 5.39 Å². The molecule has 1 fully saturated rings. The van der Waals surface area contributed by atoms with Crippen molar-refractivity contribution in [3.63, 3.8) is 0 Å². The van der Waals surface area contributed by atoms with Gasteiger partial charge in [-0.1, -0.05) is 12.6 Å². The Morgan fingerprint density at radius 3 is 2.80 bits per heavy atom. The van der Waals surface area contributed by atoms with Crippen molar-refractivity contribution in [2.45, 2.75) is 13.0 Å². The maximum absolute atomic E-state index is 14.5. The number of aromatic hydroxyl groups is 1. The van der Waals surface area contributed by atoms with Crippen LogP contribution in [0.4, 0.5) is 10.2 Å². The molecule has 1 aliphatic heterocycles. The van der Waals surface area contributed by atoms with E-state index in [1.165, 1.54) is 24.4 Å². The van der Waals surface area contributed by atoms with Gasteiger partial charge in [-0.3, -0.25) is 4.79 Å². The van der Waals surface area contributed by atoms with Crippen LogP contribution in [0.2, 0.25) is 0 Å². The molecule has 30 heavy (non-hydrogen) atoms. The van der Waals surface area contributed by atoms with Crippen LogP contribution in [0, 0.1) is 5.82 Å². The maximum Gasteiger partial charge on any atom is 0.356 e. The number of benzene rings is 1. The van der Waals surface area contributed by atoms with Crippen molar-refractivity contribution >= 4 is 22.8 Å². The lowest BCUT2D eigenvalue weighted by molar-refractivity contribution is -0.126. The van der Waals surface area contributed by atoms with Crippen LogP contribution in [-0.4, -0.2) is 56.1 Å². The number of carbonyl (C=O) groups is 1. The first kappa shape index (κ1) is 19.6. The van der Waals surface area contributed by atoms with E-state index in [9.17, 15) is 19.1 Å². The van der Waals surface area contributed by atoms with E-state index in [0.29, 0.717) is 30.8 Å². The summed E-state index contributed by atoms with van der Waals surface area (Å²) in [6, 6.07) is 7.13. The molecule has 0 unspecified atom stereocenters. The molecular weight excluding hydrogens is 389 g/mol. The zero-order valence-electron chi connectivity index (χ0n) is 16.3. The Hall–Kier alpha value is -3.75. The molecule has 1 N–H and O–H groups in total. The molecule has 2 aromatic heterocycles. The van der Waals surface area contributed by atoms with Crippen LogP contribution in [0.5, 0.6) is 5.75 Å². The topological polar surface area (TPSA) is 91.6 Å². The quantitative estimate of drug-likeness (QED) is 0.664. The third-order valence-electron chi connectivity index (χ3n) is 5.21. The monoisotopic (exact) mass is 409 g/mol. The molecule has 9 heteroatoms. The maximum atomic E-state index is 14.5. The third kappa shape index (κ3) is 3.18. The highest BCUT2D eigenvalue weighted by Gasteiger charge is 2.29. The summed E-state index contributed by atoms with van der Waals surface area (Å²) >= 11 is 0. The van der Waals surface area contributed by atoms with Gasteiger partial charge in [0.25, 0.3) is 0 Å². The predicted octanol–water partition coefficient (Wildman–Crippen LogP) is 1.85. The van der Waals surface area contributed by atoms with Crippen molar-refractivity contribution < 1.29 is 14.3 Å². The van der Waals surface area contributed by atoms with Crippen molar-refractivity contribution in [2.24, 2.45) is 0 Å². The van der Waals surface area contributed by atoms with Crippen LogP contribution in [0.15, 0.2) is 54.0 Å². The normalized spacial score (nSPS) is 16.7. The number of hydrogen-bond acceptors (Lipinski definition) is 6. The minimum Gasteiger partial charge on any atom is -0.506 e. The van der Waals surface area contributed by atoms with E-state index in [2.05, 4.69) is 16.5 Å². The molecule has 3 aromatic rings. The largest absolute Gasteiger partial charge is 0.506 e. The molecule has 3 heterocycles. The third-order valence-corrected chi connectivity index (χ3v) is 5.21. The highest BCUT2D eigenvalue weighted by molar-refractivity contribution is 5.89. The van der Waals surface area contributed by atoms with Gasteiger partial charge in [0.15, 0.2) is 11.5 Å². The predicted molar refractivity (Wildman–Crippen MR) is 110 cm³/mol. The Morgan fingerprint density at radius 2 is 2.10 bits per heavy atom. The zero-order valence-corrected chi connectivity index (χ0v) is 16.3. The number of hydrogen-bond donors (Lipinski definition) is 1. The van der Waals surface area contributed by atoms with Crippen LogP contribution >= 0.6 is 0 Å². The van der Waals surface area contributed by atoms with Gasteiger partial charge >= 0.3 is 5.69 Å². The Bertz CT molecular complexity index is 1190. The fraction of sp³-hybridized carbons (Fsp3) is 0.238. The van der Waals surface area contributed by atoms with Crippen LogP contribution < -0.4 is 10.6 Å². The number of amides is 1. The fourth-order valence-corrected chi connectivity index (χ4v) is 3.79. The molecule has 0 radical (unpaired) electrons. The smallest absolute Gasteiger partial charge is 0.356 e. The zero-order chi connectivity index (χ0) is 21.4. The average Bonchev–Trinajstić information content (AvgIpc) is 2.74. The number of pyridine rings is 1. The van der Waals surface area contributed by atoms with Gasteiger partial charge in [0.1, 0.15) is 17.3 Å². The van der Waals surface area contributed by atoms with Gasteiger partial charge in [-0.25, -0.2) is 18.7 Å². The van der Waals surface area contributed by atoms with E-state index < -0.39 is 11.5 Å². The number of anilines is 1. The number of phenolic OH excluding ortho intramolecular Hbond substituents is 1. The number of phenols is 1. The second-order valence-electron chi connectivity index (χ2n) is 7.07. The van der Waals surface area contributed by atoms with Gasteiger partial charge in [0, 0.05) is 31.9 Å². The van der Waals surface area contributed by atoms with Crippen molar-refractivity contribution in [2.75, 3.05) is 24.5 Å². The fourth-order valence-electron chi connectivity index (χ4n) is 3.79. The number of carbonyl (C=O) groups excluding carboxylic acids is 1. The van der Waals surface area contributed by atoms with Crippen LogP contribution in [0.3, 0.4) is 0 Å². The molecular formula is C21H20FN5O3. The van der Waals surface area contributed by atoms with Crippen LogP contribution in [0.1, 0.15) is 6.92 Å².